The summed E-state index contributed by atoms with van der Waals surface area (Å²) in [6.07, 6.45) is 1.05. The van der Waals surface area contributed by atoms with E-state index in [9.17, 15) is 13.6 Å². The van der Waals surface area contributed by atoms with Gasteiger partial charge in [-0.15, -0.1) is 0 Å². The molecular formula is C24H21ClF2N2O3S. The van der Waals surface area contributed by atoms with E-state index >= 15 is 0 Å². The van der Waals surface area contributed by atoms with Gasteiger partial charge in [0, 0.05) is 11.1 Å². The summed E-state index contributed by atoms with van der Waals surface area (Å²) in [6.45, 7) is 4.55. The smallest absolute Gasteiger partial charge is 0.271 e. The third-order valence-electron chi connectivity index (χ3n) is 4.87. The summed E-state index contributed by atoms with van der Waals surface area (Å²) < 4.78 is 39.8. The lowest BCUT2D eigenvalue weighted by molar-refractivity contribution is -0.114. The number of rotatable bonds is 7. The molecule has 172 valence electrons. The normalized spacial score (nSPS) is 15.1. The molecule has 0 N–H and O–H groups in total. The van der Waals surface area contributed by atoms with Crippen molar-refractivity contribution in [3.63, 3.8) is 0 Å². The first-order valence-corrected chi connectivity index (χ1v) is 11.6. The lowest BCUT2D eigenvalue weighted by Gasteiger charge is -2.25. The standard InChI is InChI=1S/C24H21ClF2N2O3S/c1-3-31-19-10-9-15(13-20(19)32-4-2)29(23-28-18-7-5-6-8-21(18)33-23)22(30)16-11-12-24(26,27)14-17(16)25/h5-13H,3-4,14H2,1-2H3. The number of nitrogens with zero attached hydrogens (tertiary/aromatic N) is 2. The number of fused-ring (bicyclic) bond motifs is 1. The van der Waals surface area contributed by atoms with Crippen LogP contribution in [0.15, 0.2) is 65.2 Å². The molecule has 1 amide bonds. The van der Waals surface area contributed by atoms with E-state index in [0.29, 0.717) is 41.6 Å². The first kappa shape index (κ1) is 23.2. The van der Waals surface area contributed by atoms with Gasteiger partial charge >= 0.3 is 0 Å². The summed E-state index contributed by atoms with van der Waals surface area (Å²) in [7, 11) is 0. The first-order chi connectivity index (χ1) is 15.8. The largest absolute Gasteiger partial charge is 0.490 e. The molecule has 9 heteroatoms. The Morgan fingerprint density at radius 3 is 2.58 bits per heavy atom. The fraction of sp³-hybridized carbons (Fsp3) is 0.250. The second-order valence-electron chi connectivity index (χ2n) is 7.19. The molecule has 0 fully saturated rings. The molecule has 0 saturated heterocycles. The number of alkyl halides is 2. The summed E-state index contributed by atoms with van der Waals surface area (Å²) in [5, 5.41) is 0.185. The zero-order valence-corrected chi connectivity index (χ0v) is 19.6. The summed E-state index contributed by atoms with van der Waals surface area (Å²) in [5.74, 6) is -2.66. The van der Waals surface area contributed by atoms with Crippen LogP contribution in [0.25, 0.3) is 10.2 Å². The fourth-order valence-electron chi connectivity index (χ4n) is 3.41. The van der Waals surface area contributed by atoms with E-state index in [1.54, 1.807) is 18.2 Å². The van der Waals surface area contributed by atoms with Crippen LogP contribution in [0.4, 0.5) is 19.6 Å². The zero-order chi connectivity index (χ0) is 23.6. The van der Waals surface area contributed by atoms with E-state index in [1.807, 2.05) is 38.1 Å². The minimum Gasteiger partial charge on any atom is -0.490 e. The predicted molar refractivity (Wildman–Crippen MR) is 127 cm³/mol. The number of hydrogen-bond donors (Lipinski definition) is 0. The number of allylic oxidation sites excluding steroid dienone is 2. The van der Waals surface area contributed by atoms with Gasteiger partial charge in [0.2, 0.25) is 0 Å². The number of anilines is 2. The maximum absolute atomic E-state index is 13.8. The summed E-state index contributed by atoms with van der Waals surface area (Å²) in [4.78, 5) is 19.6. The van der Waals surface area contributed by atoms with Gasteiger partial charge in [-0.25, -0.2) is 13.8 Å². The molecule has 33 heavy (non-hydrogen) atoms. The van der Waals surface area contributed by atoms with Crippen LogP contribution in [-0.2, 0) is 4.79 Å². The number of ether oxygens (including phenoxy) is 2. The minimum absolute atomic E-state index is 0.00584. The highest BCUT2D eigenvalue weighted by atomic mass is 35.5. The molecule has 3 aromatic rings. The number of halogens is 3. The van der Waals surface area contributed by atoms with Crippen LogP contribution in [0.3, 0.4) is 0 Å². The number of thiazole rings is 1. The molecule has 1 aliphatic rings. The Hall–Kier alpha value is -2.97. The Balaban J connectivity index is 1.84. The fourth-order valence-corrected chi connectivity index (χ4v) is 4.72. The van der Waals surface area contributed by atoms with Crippen molar-refractivity contribution in [3.8, 4) is 11.5 Å². The molecule has 2 aromatic carbocycles. The highest BCUT2D eigenvalue weighted by molar-refractivity contribution is 7.22. The van der Waals surface area contributed by atoms with Gasteiger partial charge in [0.1, 0.15) is 0 Å². The molecule has 1 heterocycles. The second-order valence-corrected chi connectivity index (χ2v) is 8.66. The third-order valence-corrected chi connectivity index (χ3v) is 6.23. The number of carbonyl (C=O) groups excluding carboxylic acids is 1. The van der Waals surface area contributed by atoms with Crippen LogP contribution >= 0.6 is 22.9 Å². The molecular weight excluding hydrogens is 470 g/mol. The second kappa shape index (κ2) is 9.49. The molecule has 0 atom stereocenters. The Morgan fingerprint density at radius 1 is 1.15 bits per heavy atom. The van der Waals surface area contributed by atoms with Gasteiger partial charge in [0.25, 0.3) is 11.8 Å². The van der Waals surface area contributed by atoms with Gasteiger partial charge < -0.3 is 9.47 Å². The Morgan fingerprint density at radius 2 is 1.88 bits per heavy atom. The van der Waals surface area contributed by atoms with E-state index < -0.39 is 18.3 Å². The molecule has 0 saturated carbocycles. The van der Waals surface area contributed by atoms with E-state index in [4.69, 9.17) is 21.1 Å². The van der Waals surface area contributed by atoms with Crippen molar-refractivity contribution in [1.29, 1.82) is 0 Å². The molecule has 0 aliphatic heterocycles. The van der Waals surface area contributed by atoms with Gasteiger partial charge in [-0.2, -0.15) is 0 Å². The van der Waals surface area contributed by atoms with Crippen LogP contribution in [-0.4, -0.2) is 30.0 Å². The number of hydrogen-bond acceptors (Lipinski definition) is 5. The van der Waals surface area contributed by atoms with Crippen LogP contribution in [0.2, 0.25) is 0 Å². The molecule has 0 bridgehead atoms. The number of benzene rings is 2. The quantitative estimate of drug-likeness (QED) is 0.363. The lowest BCUT2D eigenvalue weighted by Crippen LogP contribution is -2.29. The summed E-state index contributed by atoms with van der Waals surface area (Å²) >= 11 is 7.46. The first-order valence-electron chi connectivity index (χ1n) is 10.4. The number of aromatic nitrogens is 1. The highest BCUT2D eigenvalue weighted by Gasteiger charge is 2.35. The number of carbonyl (C=O) groups is 1. The van der Waals surface area contributed by atoms with Crippen LogP contribution < -0.4 is 14.4 Å². The lowest BCUT2D eigenvalue weighted by atomic mass is 10.0. The van der Waals surface area contributed by atoms with Gasteiger partial charge in [0.05, 0.1) is 41.1 Å². The average Bonchev–Trinajstić information content (AvgIpc) is 3.18. The number of para-hydroxylation sites is 1. The molecule has 0 radical (unpaired) electrons. The van der Waals surface area contributed by atoms with Crippen molar-refractivity contribution in [2.75, 3.05) is 18.1 Å². The third kappa shape index (κ3) is 4.86. The molecule has 1 aromatic heterocycles. The molecule has 5 nitrogen and oxygen atoms in total. The molecule has 0 spiro atoms. The Kier molecular flexibility index (Phi) is 6.67. The van der Waals surface area contributed by atoms with Crippen LogP contribution in [0, 0.1) is 0 Å². The maximum Gasteiger partial charge on any atom is 0.271 e. The minimum atomic E-state index is -3.09. The molecule has 1 aliphatic carbocycles. The Bertz CT molecular complexity index is 1220. The predicted octanol–water partition coefficient (Wildman–Crippen LogP) is 6.85. The van der Waals surface area contributed by atoms with Gasteiger partial charge in [-0.05, 0) is 50.3 Å². The van der Waals surface area contributed by atoms with E-state index in [-0.39, 0.29) is 10.6 Å². The van der Waals surface area contributed by atoms with E-state index in [1.165, 1.54) is 16.2 Å². The van der Waals surface area contributed by atoms with Crippen LogP contribution in [0.5, 0.6) is 11.5 Å². The zero-order valence-electron chi connectivity index (χ0n) is 18.0. The summed E-state index contributed by atoms with van der Waals surface area (Å²) in [5.41, 5.74) is 1.17. The van der Waals surface area contributed by atoms with Crippen molar-refractivity contribution >= 4 is 49.9 Å². The van der Waals surface area contributed by atoms with Gasteiger partial charge in [-0.3, -0.25) is 9.69 Å². The van der Waals surface area contributed by atoms with Crippen molar-refractivity contribution < 1.29 is 23.0 Å². The van der Waals surface area contributed by atoms with Crippen molar-refractivity contribution in [3.05, 3.63) is 65.2 Å². The van der Waals surface area contributed by atoms with Crippen molar-refractivity contribution in [2.24, 2.45) is 0 Å². The van der Waals surface area contributed by atoms with Gasteiger partial charge in [-0.1, -0.05) is 35.1 Å². The average molecular weight is 491 g/mol. The van der Waals surface area contributed by atoms with E-state index in [2.05, 4.69) is 4.98 Å². The Labute approximate surface area is 198 Å². The SMILES string of the molecule is CCOc1ccc(N(C(=O)C2=C(Cl)CC(F)(F)C=C2)c2nc3ccccc3s2)cc1OCC. The van der Waals surface area contributed by atoms with Crippen molar-refractivity contribution in [2.45, 2.75) is 26.2 Å². The van der Waals surface area contributed by atoms with Gasteiger partial charge in [0.15, 0.2) is 16.6 Å². The molecule has 4 rings (SSSR count). The maximum atomic E-state index is 13.8. The van der Waals surface area contributed by atoms with Crippen LogP contribution in [0.1, 0.15) is 20.3 Å². The highest BCUT2D eigenvalue weighted by Crippen LogP contribution is 2.41. The molecule has 0 unspecified atom stereocenters. The monoisotopic (exact) mass is 490 g/mol. The van der Waals surface area contributed by atoms with E-state index in [0.717, 1.165) is 16.3 Å². The summed E-state index contributed by atoms with van der Waals surface area (Å²) in [6, 6.07) is 12.6. The number of amides is 1. The topological polar surface area (TPSA) is 51.7 Å². The van der Waals surface area contributed by atoms with Crippen molar-refractivity contribution in [1.82, 2.24) is 4.98 Å².